The van der Waals surface area contributed by atoms with Crippen LogP contribution >= 0.6 is 0 Å². The van der Waals surface area contributed by atoms with Crippen molar-refractivity contribution < 1.29 is 14.3 Å². The molecule has 2 aromatic carbocycles. The molecule has 0 aromatic heterocycles. The Morgan fingerprint density at radius 2 is 1.76 bits per heavy atom. The van der Waals surface area contributed by atoms with Crippen LogP contribution in [0.3, 0.4) is 0 Å². The van der Waals surface area contributed by atoms with Gasteiger partial charge in [-0.2, -0.15) is 0 Å². The molecule has 2 aliphatic heterocycles. The highest BCUT2D eigenvalue weighted by atomic mass is 16.5. The first kappa shape index (κ1) is 19.3. The van der Waals surface area contributed by atoms with Gasteiger partial charge in [-0.15, -0.1) is 0 Å². The normalized spacial score (nSPS) is 16.7. The molecule has 0 unspecified atom stereocenters. The smallest absolute Gasteiger partial charge is 0.324 e. The second-order valence-corrected chi connectivity index (χ2v) is 7.55. The number of nitrogens with zero attached hydrogens (tertiary/aromatic N) is 2. The maximum atomic E-state index is 13.0. The molecule has 2 aromatic rings. The topological polar surface area (TPSA) is 61.9 Å². The number of aryl methyl sites for hydroxylation is 1. The number of likely N-dealkylation sites (tertiary alicyclic amines) is 1. The Morgan fingerprint density at radius 3 is 2.48 bits per heavy atom. The summed E-state index contributed by atoms with van der Waals surface area (Å²) in [6, 6.07) is 15.6. The second kappa shape index (κ2) is 8.55. The van der Waals surface area contributed by atoms with Crippen LogP contribution in [-0.4, -0.2) is 43.1 Å². The maximum Gasteiger partial charge on any atom is 0.324 e. The number of ether oxygens (including phenoxy) is 1. The van der Waals surface area contributed by atoms with Gasteiger partial charge < -0.3 is 15.0 Å². The molecule has 0 aliphatic carbocycles. The number of hydrogen-bond acceptors (Lipinski definition) is 3. The number of para-hydroxylation sites is 2. The average Bonchev–Trinajstić information content (AvgIpc) is 2.79. The number of rotatable bonds is 3. The lowest BCUT2D eigenvalue weighted by Crippen LogP contribution is -2.50. The van der Waals surface area contributed by atoms with E-state index in [1.54, 1.807) is 4.90 Å². The SMILES string of the molecule is CCc1ccc(NC(=O)C2CCN(C(=O)N3CCOc4ccccc43)CC2)cc1. The van der Waals surface area contributed by atoms with Crippen LogP contribution in [0.1, 0.15) is 25.3 Å². The Kier molecular flexibility index (Phi) is 5.69. The van der Waals surface area contributed by atoms with Crippen LogP contribution in [0.5, 0.6) is 5.75 Å². The monoisotopic (exact) mass is 393 g/mol. The largest absolute Gasteiger partial charge is 0.490 e. The summed E-state index contributed by atoms with van der Waals surface area (Å²) in [5.41, 5.74) is 2.90. The van der Waals surface area contributed by atoms with Crippen molar-refractivity contribution in [2.45, 2.75) is 26.2 Å². The molecule has 0 saturated carbocycles. The van der Waals surface area contributed by atoms with Gasteiger partial charge in [0.05, 0.1) is 12.2 Å². The van der Waals surface area contributed by atoms with E-state index in [2.05, 4.69) is 12.2 Å². The molecule has 4 rings (SSSR count). The van der Waals surface area contributed by atoms with E-state index < -0.39 is 0 Å². The van der Waals surface area contributed by atoms with Crippen LogP contribution in [-0.2, 0) is 11.2 Å². The van der Waals surface area contributed by atoms with Crippen molar-refractivity contribution in [3.8, 4) is 5.75 Å². The van der Waals surface area contributed by atoms with E-state index in [0.717, 1.165) is 23.5 Å². The Labute approximate surface area is 171 Å². The fourth-order valence-corrected chi connectivity index (χ4v) is 3.94. The third-order valence-corrected chi connectivity index (χ3v) is 5.73. The molecular weight excluding hydrogens is 366 g/mol. The van der Waals surface area contributed by atoms with Crippen molar-refractivity contribution in [1.82, 2.24) is 4.90 Å². The fraction of sp³-hybridized carbons (Fsp3) is 0.391. The zero-order chi connectivity index (χ0) is 20.2. The van der Waals surface area contributed by atoms with Gasteiger partial charge in [-0.05, 0) is 49.1 Å². The molecule has 1 saturated heterocycles. The van der Waals surface area contributed by atoms with Gasteiger partial charge in [0.1, 0.15) is 12.4 Å². The van der Waals surface area contributed by atoms with Crippen LogP contribution in [0.15, 0.2) is 48.5 Å². The summed E-state index contributed by atoms with van der Waals surface area (Å²) in [5, 5.41) is 3.01. The van der Waals surface area contributed by atoms with Gasteiger partial charge in [0.25, 0.3) is 0 Å². The number of carbonyl (C=O) groups excluding carboxylic acids is 2. The van der Waals surface area contributed by atoms with Crippen LogP contribution in [0.25, 0.3) is 0 Å². The van der Waals surface area contributed by atoms with Gasteiger partial charge >= 0.3 is 6.03 Å². The van der Waals surface area contributed by atoms with Crippen LogP contribution in [0.4, 0.5) is 16.2 Å². The molecule has 6 heteroatoms. The zero-order valence-corrected chi connectivity index (χ0v) is 16.8. The van der Waals surface area contributed by atoms with Crippen molar-refractivity contribution >= 4 is 23.3 Å². The van der Waals surface area contributed by atoms with E-state index >= 15 is 0 Å². The molecule has 2 heterocycles. The molecular formula is C23H27N3O3. The molecule has 3 amide bonds. The molecule has 0 radical (unpaired) electrons. The Hall–Kier alpha value is -3.02. The van der Waals surface area contributed by atoms with Crippen molar-refractivity contribution in [2.75, 3.05) is 36.5 Å². The number of carbonyl (C=O) groups is 2. The highest BCUT2D eigenvalue weighted by molar-refractivity contribution is 5.95. The Bertz CT molecular complexity index is 873. The summed E-state index contributed by atoms with van der Waals surface area (Å²) in [4.78, 5) is 29.3. The second-order valence-electron chi connectivity index (χ2n) is 7.55. The predicted molar refractivity (Wildman–Crippen MR) is 113 cm³/mol. The van der Waals surface area contributed by atoms with Crippen LogP contribution < -0.4 is 15.0 Å². The minimum absolute atomic E-state index is 0.00485. The van der Waals surface area contributed by atoms with E-state index in [1.165, 1.54) is 5.56 Å². The maximum absolute atomic E-state index is 13.0. The summed E-state index contributed by atoms with van der Waals surface area (Å²) in [6.45, 7) is 4.33. The Balaban J connectivity index is 1.33. The summed E-state index contributed by atoms with van der Waals surface area (Å²) < 4.78 is 5.65. The van der Waals surface area contributed by atoms with Crippen molar-refractivity contribution in [1.29, 1.82) is 0 Å². The fourth-order valence-electron chi connectivity index (χ4n) is 3.94. The molecule has 2 aliphatic rings. The summed E-state index contributed by atoms with van der Waals surface area (Å²) in [5.74, 6) is 0.718. The summed E-state index contributed by atoms with van der Waals surface area (Å²) >= 11 is 0. The molecule has 1 fully saturated rings. The number of fused-ring (bicyclic) bond motifs is 1. The highest BCUT2D eigenvalue weighted by Gasteiger charge is 2.32. The number of hydrogen-bond donors (Lipinski definition) is 1. The van der Waals surface area contributed by atoms with Crippen LogP contribution in [0.2, 0.25) is 0 Å². The predicted octanol–water partition coefficient (Wildman–Crippen LogP) is 3.92. The number of nitrogens with one attached hydrogen (secondary N) is 1. The van der Waals surface area contributed by atoms with Gasteiger partial charge in [0.2, 0.25) is 5.91 Å². The van der Waals surface area contributed by atoms with Gasteiger partial charge in [0.15, 0.2) is 0 Å². The lowest BCUT2D eigenvalue weighted by Gasteiger charge is -2.37. The molecule has 29 heavy (non-hydrogen) atoms. The molecule has 152 valence electrons. The van der Waals surface area contributed by atoms with Gasteiger partial charge in [-0.1, -0.05) is 31.2 Å². The van der Waals surface area contributed by atoms with Gasteiger partial charge in [-0.3, -0.25) is 9.69 Å². The van der Waals surface area contributed by atoms with Gasteiger partial charge in [0, 0.05) is 24.7 Å². The minimum atomic E-state index is -0.0677. The van der Waals surface area contributed by atoms with E-state index in [4.69, 9.17) is 4.74 Å². The number of benzene rings is 2. The number of piperidine rings is 1. The minimum Gasteiger partial charge on any atom is -0.490 e. The third kappa shape index (κ3) is 4.21. The first-order chi connectivity index (χ1) is 14.2. The first-order valence-electron chi connectivity index (χ1n) is 10.3. The lowest BCUT2D eigenvalue weighted by atomic mass is 9.96. The van der Waals surface area contributed by atoms with E-state index in [9.17, 15) is 9.59 Å². The van der Waals surface area contributed by atoms with Gasteiger partial charge in [-0.25, -0.2) is 4.79 Å². The Morgan fingerprint density at radius 1 is 1.03 bits per heavy atom. The lowest BCUT2D eigenvalue weighted by molar-refractivity contribution is -0.121. The molecule has 0 atom stereocenters. The number of amides is 3. The summed E-state index contributed by atoms with van der Waals surface area (Å²) in [7, 11) is 0. The van der Waals surface area contributed by atoms with E-state index in [1.807, 2.05) is 53.4 Å². The zero-order valence-electron chi connectivity index (χ0n) is 16.8. The molecule has 0 bridgehead atoms. The quantitative estimate of drug-likeness (QED) is 0.860. The highest BCUT2D eigenvalue weighted by Crippen LogP contribution is 2.32. The van der Waals surface area contributed by atoms with Crippen molar-refractivity contribution in [3.63, 3.8) is 0 Å². The average molecular weight is 393 g/mol. The number of anilines is 2. The standard InChI is InChI=1S/C23H27N3O3/c1-2-17-7-9-19(10-8-17)24-22(27)18-11-13-25(14-12-18)23(28)26-15-16-29-21-6-4-3-5-20(21)26/h3-10,18H,2,11-16H2,1H3,(H,24,27). The molecule has 6 nitrogen and oxygen atoms in total. The van der Waals surface area contributed by atoms with E-state index in [-0.39, 0.29) is 17.9 Å². The van der Waals surface area contributed by atoms with E-state index in [0.29, 0.717) is 39.1 Å². The van der Waals surface area contributed by atoms with Crippen molar-refractivity contribution in [3.05, 3.63) is 54.1 Å². The van der Waals surface area contributed by atoms with Crippen LogP contribution in [0, 0.1) is 5.92 Å². The van der Waals surface area contributed by atoms with Crippen molar-refractivity contribution in [2.24, 2.45) is 5.92 Å². The molecule has 0 spiro atoms. The third-order valence-electron chi connectivity index (χ3n) is 5.73. The molecule has 1 N–H and O–H groups in total. The first-order valence-corrected chi connectivity index (χ1v) is 10.3. The number of urea groups is 1. The summed E-state index contributed by atoms with van der Waals surface area (Å²) in [6.07, 6.45) is 2.33.